The lowest BCUT2D eigenvalue weighted by atomic mass is 10.1. The van der Waals surface area contributed by atoms with Gasteiger partial charge in [-0.25, -0.2) is 8.78 Å². The Morgan fingerprint density at radius 3 is 2.48 bits per heavy atom. The highest BCUT2D eigenvalue weighted by atomic mass is 19.2. The zero-order valence-corrected chi connectivity index (χ0v) is 18.4. The summed E-state index contributed by atoms with van der Waals surface area (Å²) in [6.07, 6.45) is 1.48. The van der Waals surface area contributed by atoms with Crippen molar-refractivity contribution in [2.75, 3.05) is 12.4 Å². The lowest BCUT2D eigenvalue weighted by molar-refractivity contribution is 0.402. The van der Waals surface area contributed by atoms with E-state index in [0.29, 0.717) is 5.56 Å². The molecule has 7 heteroatoms. The van der Waals surface area contributed by atoms with E-state index in [4.69, 9.17) is 4.74 Å². The van der Waals surface area contributed by atoms with Gasteiger partial charge in [0.05, 0.1) is 19.9 Å². The highest BCUT2D eigenvalue weighted by Crippen LogP contribution is 2.24. The van der Waals surface area contributed by atoms with Gasteiger partial charge >= 0.3 is 5.56 Å². The summed E-state index contributed by atoms with van der Waals surface area (Å²) >= 11 is 0. The Labute approximate surface area is 181 Å². The molecule has 1 aromatic heterocycles. The van der Waals surface area contributed by atoms with Gasteiger partial charge in [-0.15, -0.1) is 0 Å². The molecule has 0 unspecified atom stereocenters. The molecular weight excluding hydrogens is 400 g/mol. The molecular formula is C24H27F2N3O2. The van der Waals surface area contributed by atoms with E-state index in [-0.39, 0.29) is 18.2 Å². The van der Waals surface area contributed by atoms with Crippen molar-refractivity contribution < 1.29 is 13.5 Å². The highest BCUT2D eigenvalue weighted by Gasteiger charge is 2.12. The Bertz CT molecular complexity index is 1140. The summed E-state index contributed by atoms with van der Waals surface area (Å²) < 4.78 is 33.5. The molecule has 5 nitrogen and oxygen atoms in total. The molecule has 0 atom stereocenters. The Hall–Kier alpha value is -3.48. The molecule has 1 N–H and O–H groups in total. The maximum absolute atomic E-state index is 13.6. The molecule has 2 aromatic carbocycles. The molecule has 0 saturated heterocycles. The van der Waals surface area contributed by atoms with E-state index >= 15 is 0 Å². The third-order valence-electron chi connectivity index (χ3n) is 4.50. The smallest absolute Gasteiger partial charge is 0.316 e. The van der Waals surface area contributed by atoms with Crippen LogP contribution in [0.2, 0.25) is 0 Å². The SMILES string of the molecule is C=C(C)c1ccc(C)c(Nc2nc(=O)c(OC)cn2Cc2ccc(F)c(F)c2)c1.CC. The minimum atomic E-state index is -0.942. The highest BCUT2D eigenvalue weighted by molar-refractivity contribution is 5.69. The average Bonchev–Trinajstić information content (AvgIpc) is 2.75. The number of methoxy groups -OCH3 is 1. The lowest BCUT2D eigenvalue weighted by Gasteiger charge is -2.17. The van der Waals surface area contributed by atoms with Crippen LogP contribution in [0.4, 0.5) is 20.4 Å². The summed E-state index contributed by atoms with van der Waals surface area (Å²) in [5.74, 6) is -1.56. The van der Waals surface area contributed by atoms with E-state index in [1.807, 2.05) is 45.9 Å². The largest absolute Gasteiger partial charge is 0.490 e. The Morgan fingerprint density at radius 1 is 1.16 bits per heavy atom. The van der Waals surface area contributed by atoms with Crippen LogP contribution in [0.25, 0.3) is 5.57 Å². The summed E-state index contributed by atoms with van der Waals surface area (Å²) in [7, 11) is 1.37. The molecule has 0 spiro atoms. The third-order valence-corrected chi connectivity index (χ3v) is 4.50. The van der Waals surface area contributed by atoms with Crippen LogP contribution in [-0.2, 0) is 6.54 Å². The van der Waals surface area contributed by atoms with Crippen LogP contribution in [0.5, 0.6) is 5.75 Å². The fourth-order valence-electron chi connectivity index (χ4n) is 2.81. The molecule has 1 heterocycles. The molecule has 3 aromatic rings. The van der Waals surface area contributed by atoms with Gasteiger partial charge in [0.25, 0.3) is 0 Å². The fourth-order valence-corrected chi connectivity index (χ4v) is 2.81. The molecule has 0 amide bonds. The summed E-state index contributed by atoms with van der Waals surface area (Å²) in [6.45, 7) is 11.9. The number of hydrogen-bond acceptors (Lipinski definition) is 4. The van der Waals surface area contributed by atoms with Gasteiger partial charge < -0.3 is 14.6 Å². The number of anilines is 2. The van der Waals surface area contributed by atoms with E-state index in [2.05, 4.69) is 16.9 Å². The van der Waals surface area contributed by atoms with Crippen molar-refractivity contribution in [1.29, 1.82) is 0 Å². The molecule has 0 aliphatic carbocycles. The van der Waals surface area contributed by atoms with Crippen LogP contribution in [-0.4, -0.2) is 16.7 Å². The number of nitrogens with one attached hydrogen (secondary N) is 1. The second-order valence-corrected chi connectivity index (χ2v) is 6.75. The fraction of sp³-hybridized carbons (Fsp3) is 0.250. The third kappa shape index (κ3) is 5.78. The van der Waals surface area contributed by atoms with Crippen LogP contribution in [0.1, 0.15) is 37.5 Å². The zero-order chi connectivity index (χ0) is 23.1. The van der Waals surface area contributed by atoms with Crippen molar-refractivity contribution in [2.24, 2.45) is 0 Å². The molecule has 31 heavy (non-hydrogen) atoms. The first kappa shape index (κ1) is 23.8. The van der Waals surface area contributed by atoms with Gasteiger partial charge in [0.2, 0.25) is 11.7 Å². The number of aromatic nitrogens is 2. The number of aryl methyl sites for hydroxylation is 1. The summed E-state index contributed by atoms with van der Waals surface area (Å²) in [5.41, 5.74) is 3.51. The molecule has 0 aliphatic heterocycles. The minimum Gasteiger partial charge on any atom is -0.490 e. The van der Waals surface area contributed by atoms with E-state index in [1.165, 1.54) is 19.4 Å². The van der Waals surface area contributed by atoms with Crippen molar-refractivity contribution in [2.45, 2.75) is 34.2 Å². The van der Waals surface area contributed by atoms with E-state index in [1.54, 1.807) is 4.57 Å². The number of halogens is 2. The number of allylic oxidation sites excluding steroid dienone is 1. The maximum atomic E-state index is 13.6. The maximum Gasteiger partial charge on any atom is 0.316 e. The predicted octanol–water partition coefficient (Wildman–Crippen LogP) is 5.69. The van der Waals surface area contributed by atoms with Gasteiger partial charge in [-0.2, -0.15) is 4.98 Å². The number of nitrogens with zero attached hydrogens (tertiary/aromatic N) is 2. The summed E-state index contributed by atoms with van der Waals surface area (Å²) in [6, 6.07) is 9.45. The second kappa shape index (κ2) is 10.5. The minimum absolute atomic E-state index is 0.0468. The van der Waals surface area contributed by atoms with E-state index in [0.717, 1.165) is 34.5 Å². The number of hydrogen-bond donors (Lipinski definition) is 1. The van der Waals surface area contributed by atoms with Gasteiger partial charge in [-0.05, 0) is 48.7 Å². The Kier molecular flexibility index (Phi) is 8.07. The second-order valence-electron chi connectivity index (χ2n) is 6.75. The molecule has 3 rings (SSSR count). The van der Waals surface area contributed by atoms with Crippen LogP contribution in [0.3, 0.4) is 0 Å². The van der Waals surface area contributed by atoms with Gasteiger partial charge in [0.1, 0.15) is 0 Å². The van der Waals surface area contributed by atoms with Crippen molar-refractivity contribution in [3.8, 4) is 5.75 Å². The normalized spacial score (nSPS) is 10.2. The Balaban J connectivity index is 0.00000166. The van der Waals surface area contributed by atoms with Crippen LogP contribution >= 0.6 is 0 Å². The molecule has 0 fully saturated rings. The van der Waals surface area contributed by atoms with Crippen molar-refractivity contribution >= 4 is 17.2 Å². The lowest BCUT2D eigenvalue weighted by Crippen LogP contribution is -2.19. The predicted molar refractivity (Wildman–Crippen MR) is 121 cm³/mol. The topological polar surface area (TPSA) is 56.1 Å². The summed E-state index contributed by atoms with van der Waals surface area (Å²) in [5, 5.41) is 3.16. The molecule has 164 valence electrons. The molecule has 0 saturated carbocycles. The van der Waals surface area contributed by atoms with E-state index in [9.17, 15) is 13.6 Å². The molecule has 0 aliphatic rings. The first-order valence-electron chi connectivity index (χ1n) is 9.91. The average molecular weight is 427 g/mol. The van der Waals surface area contributed by atoms with Crippen molar-refractivity contribution in [1.82, 2.24) is 9.55 Å². The summed E-state index contributed by atoms with van der Waals surface area (Å²) in [4.78, 5) is 16.3. The van der Waals surface area contributed by atoms with Gasteiger partial charge in [0, 0.05) is 5.69 Å². The van der Waals surface area contributed by atoms with Crippen molar-refractivity contribution in [3.05, 3.63) is 87.9 Å². The number of ether oxygens (including phenoxy) is 1. The van der Waals surface area contributed by atoms with Crippen LogP contribution in [0, 0.1) is 18.6 Å². The van der Waals surface area contributed by atoms with Crippen molar-refractivity contribution in [3.63, 3.8) is 0 Å². The first-order valence-corrected chi connectivity index (χ1v) is 9.91. The zero-order valence-electron chi connectivity index (χ0n) is 18.4. The molecule has 0 radical (unpaired) electrons. The monoisotopic (exact) mass is 427 g/mol. The van der Waals surface area contributed by atoms with Gasteiger partial charge in [0.15, 0.2) is 11.6 Å². The molecule has 0 bridgehead atoms. The van der Waals surface area contributed by atoms with Gasteiger partial charge in [-0.3, -0.25) is 4.79 Å². The quantitative estimate of drug-likeness (QED) is 0.549. The van der Waals surface area contributed by atoms with Crippen LogP contribution < -0.4 is 15.6 Å². The van der Waals surface area contributed by atoms with E-state index < -0.39 is 17.2 Å². The first-order chi connectivity index (χ1) is 14.8. The standard InChI is InChI=1S/C22H21F2N3O2.C2H6/c1-13(2)16-7-5-14(3)19(10-16)25-22-26-21(28)20(29-4)12-27(22)11-15-6-8-17(23)18(24)9-15;1-2/h5-10,12H,1,11H2,2-4H3,(H,25,26,28);1-2H3. The Morgan fingerprint density at radius 2 is 1.87 bits per heavy atom. The van der Waals surface area contributed by atoms with Gasteiger partial charge in [-0.1, -0.05) is 44.2 Å². The number of rotatable bonds is 6. The number of benzene rings is 2. The van der Waals surface area contributed by atoms with Crippen LogP contribution in [0.15, 0.2) is 54.0 Å².